The Bertz CT molecular complexity index is 914. The van der Waals surface area contributed by atoms with E-state index in [0.29, 0.717) is 43.5 Å². The summed E-state index contributed by atoms with van der Waals surface area (Å²) in [5, 5.41) is 5.78. The summed E-state index contributed by atoms with van der Waals surface area (Å²) in [4.78, 5) is 39.6. The molecule has 0 bridgehead atoms. The fourth-order valence-electron chi connectivity index (χ4n) is 5.49. The number of hydrogen-bond donors (Lipinski definition) is 2. The van der Waals surface area contributed by atoms with Gasteiger partial charge in [0.2, 0.25) is 5.91 Å². The summed E-state index contributed by atoms with van der Waals surface area (Å²) < 4.78 is 11.1. The van der Waals surface area contributed by atoms with E-state index in [0.717, 1.165) is 16.9 Å². The van der Waals surface area contributed by atoms with Crippen LogP contribution in [0.3, 0.4) is 0 Å². The van der Waals surface area contributed by atoms with Crippen molar-refractivity contribution in [2.45, 2.75) is 58.5 Å². The number of rotatable bonds is 4. The molecular weight excluding hydrogens is 398 g/mol. The number of amides is 4. The van der Waals surface area contributed by atoms with Gasteiger partial charge in [0.05, 0.1) is 6.04 Å². The van der Waals surface area contributed by atoms with Crippen LogP contribution in [0, 0.1) is 11.3 Å². The van der Waals surface area contributed by atoms with E-state index in [2.05, 4.69) is 31.4 Å². The van der Waals surface area contributed by atoms with Crippen LogP contribution >= 0.6 is 0 Å². The maximum Gasteiger partial charge on any atom is 0.325 e. The van der Waals surface area contributed by atoms with Gasteiger partial charge in [0.25, 0.3) is 5.91 Å². The zero-order valence-corrected chi connectivity index (χ0v) is 18.6. The number of urea groups is 1. The molecule has 168 valence electrons. The smallest absolute Gasteiger partial charge is 0.325 e. The van der Waals surface area contributed by atoms with Crippen molar-refractivity contribution in [1.82, 2.24) is 15.5 Å². The van der Waals surface area contributed by atoms with E-state index in [-0.39, 0.29) is 29.8 Å². The van der Waals surface area contributed by atoms with Crippen LogP contribution in [0.4, 0.5) is 4.79 Å². The Morgan fingerprint density at radius 3 is 2.65 bits per heavy atom. The molecule has 1 aromatic rings. The van der Waals surface area contributed by atoms with Gasteiger partial charge in [-0.3, -0.25) is 14.5 Å². The first-order valence-corrected chi connectivity index (χ1v) is 10.9. The second-order valence-electron chi connectivity index (χ2n) is 9.95. The lowest BCUT2D eigenvalue weighted by Gasteiger charge is -2.43. The zero-order valence-electron chi connectivity index (χ0n) is 18.6. The van der Waals surface area contributed by atoms with Gasteiger partial charge in [-0.1, -0.05) is 26.8 Å². The predicted molar refractivity (Wildman–Crippen MR) is 114 cm³/mol. The highest BCUT2D eigenvalue weighted by molar-refractivity contribution is 6.09. The van der Waals surface area contributed by atoms with Crippen molar-refractivity contribution in [3.8, 4) is 11.5 Å². The minimum absolute atomic E-state index is 0.0500. The van der Waals surface area contributed by atoms with Gasteiger partial charge in [0.15, 0.2) is 11.5 Å². The maximum absolute atomic E-state index is 13.2. The predicted octanol–water partition coefficient (Wildman–Crippen LogP) is 2.77. The molecule has 1 aromatic carbocycles. The second-order valence-corrected chi connectivity index (χ2v) is 9.95. The quantitative estimate of drug-likeness (QED) is 0.718. The fourth-order valence-corrected chi connectivity index (χ4v) is 5.49. The number of nitrogens with zero attached hydrogens (tertiary/aromatic N) is 1. The number of ether oxygens (including phenoxy) is 2. The van der Waals surface area contributed by atoms with Crippen LogP contribution in [0.2, 0.25) is 0 Å². The zero-order chi connectivity index (χ0) is 22.4. The molecule has 3 aliphatic rings. The van der Waals surface area contributed by atoms with E-state index in [1.807, 2.05) is 25.1 Å². The van der Waals surface area contributed by atoms with Crippen molar-refractivity contribution in [3.63, 3.8) is 0 Å². The first-order valence-electron chi connectivity index (χ1n) is 10.9. The van der Waals surface area contributed by atoms with E-state index in [1.54, 1.807) is 0 Å². The summed E-state index contributed by atoms with van der Waals surface area (Å²) in [6, 6.07) is 4.73. The third-order valence-corrected chi connectivity index (χ3v) is 6.37. The van der Waals surface area contributed by atoms with Gasteiger partial charge >= 0.3 is 6.03 Å². The van der Waals surface area contributed by atoms with Crippen LogP contribution in [0.1, 0.15) is 58.6 Å². The molecule has 3 atom stereocenters. The lowest BCUT2D eigenvalue weighted by molar-refractivity contribution is -0.137. The first-order chi connectivity index (χ1) is 14.6. The molecule has 1 saturated heterocycles. The molecule has 4 amide bonds. The molecule has 31 heavy (non-hydrogen) atoms. The Kier molecular flexibility index (Phi) is 5.35. The molecule has 2 heterocycles. The first kappa shape index (κ1) is 21.5. The molecule has 2 fully saturated rings. The van der Waals surface area contributed by atoms with Crippen molar-refractivity contribution in [2.24, 2.45) is 11.3 Å². The van der Waals surface area contributed by atoms with Crippen molar-refractivity contribution in [2.75, 3.05) is 19.8 Å². The van der Waals surface area contributed by atoms with Crippen molar-refractivity contribution >= 4 is 17.8 Å². The Labute approximate surface area is 182 Å². The van der Waals surface area contributed by atoms with Crippen LogP contribution in [0.15, 0.2) is 18.2 Å². The van der Waals surface area contributed by atoms with Crippen LogP contribution in [-0.4, -0.2) is 48.0 Å². The fraction of sp³-hybridized carbons (Fsp3) is 0.609. The normalized spacial score (nSPS) is 27.7. The van der Waals surface area contributed by atoms with Gasteiger partial charge in [0.1, 0.15) is 25.3 Å². The van der Waals surface area contributed by atoms with Gasteiger partial charge < -0.3 is 20.1 Å². The standard InChI is InChI=1S/C23H31N3O5/c1-14-10-22(3,4)13-23(11-14)20(28)26(21(29)25-23)12-19(27)24-15(2)16-5-6-17-18(9-16)31-8-7-30-17/h5-6,9,14-15H,7-8,10-13H2,1-4H3,(H,24,27)(H,25,29)/t14-,15-,23-/m1/s1. The molecule has 8 heteroatoms. The highest BCUT2D eigenvalue weighted by atomic mass is 16.6. The van der Waals surface area contributed by atoms with Crippen LogP contribution in [0.5, 0.6) is 11.5 Å². The van der Waals surface area contributed by atoms with E-state index < -0.39 is 11.6 Å². The van der Waals surface area contributed by atoms with Crippen molar-refractivity contribution < 1.29 is 23.9 Å². The molecule has 0 aromatic heterocycles. The largest absolute Gasteiger partial charge is 0.486 e. The van der Waals surface area contributed by atoms with Crippen molar-refractivity contribution in [3.05, 3.63) is 23.8 Å². The topological polar surface area (TPSA) is 97.0 Å². The number of hydrogen-bond acceptors (Lipinski definition) is 5. The Balaban J connectivity index is 1.41. The molecule has 1 saturated carbocycles. The molecule has 0 unspecified atom stereocenters. The highest BCUT2D eigenvalue weighted by Crippen LogP contribution is 2.46. The monoisotopic (exact) mass is 429 g/mol. The summed E-state index contributed by atoms with van der Waals surface area (Å²) in [5.74, 6) is 0.972. The Hall–Kier alpha value is -2.77. The van der Waals surface area contributed by atoms with Crippen LogP contribution in [0.25, 0.3) is 0 Å². The number of benzene rings is 1. The number of nitrogens with one attached hydrogen (secondary N) is 2. The van der Waals surface area contributed by atoms with Gasteiger partial charge in [-0.15, -0.1) is 0 Å². The third-order valence-electron chi connectivity index (χ3n) is 6.37. The van der Waals surface area contributed by atoms with Gasteiger partial charge in [-0.25, -0.2) is 4.79 Å². The average molecular weight is 430 g/mol. The van der Waals surface area contributed by atoms with Crippen LogP contribution < -0.4 is 20.1 Å². The Morgan fingerprint density at radius 2 is 1.94 bits per heavy atom. The van der Waals surface area contributed by atoms with E-state index in [9.17, 15) is 14.4 Å². The van der Waals surface area contributed by atoms with Crippen LogP contribution in [-0.2, 0) is 9.59 Å². The SMILES string of the molecule is C[C@@H]1CC(C)(C)C[C@@]2(C1)NC(=O)N(CC(=O)N[C@H](C)c1ccc3c(c1)OCCO3)C2=O. The third kappa shape index (κ3) is 4.20. The molecule has 2 N–H and O–H groups in total. The lowest BCUT2D eigenvalue weighted by atomic mass is 9.64. The average Bonchev–Trinajstić information content (AvgIpc) is 2.89. The van der Waals surface area contributed by atoms with Gasteiger partial charge in [-0.05, 0) is 55.2 Å². The molecular formula is C23H31N3O5. The summed E-state index contributed by atoms with van der Waals surface area (Å²) in [7, 11) is 0. The summed E-state index contributed by atoms with van der Waals surface area (Å²) in [6.45, 7) is 8.90. The van der Waals surface area contributed by atoms with E-state index in [4.69, 9.17) is 9.47 Å². The van der Waals surface area contributed by atoms with E-state index in [1.165, 1.54) is 0 Å². The number of carbonyl (C=O) groups is 3. The lowest BCUT2D eigenvalue weighted by Crippen LogP contribution is -2.54. The molecule has 1 aliphatic carbocycles. The Morgan fingerprint density at radius 1 is 1.23 bits per heavy atom. The molecule has 1 spiro atoms. The summed E-state index contributed by atoms with van der Waals surface area (Å²) in [6.07, 6.45) is 2.19. The molecule has 0 radical (unpaired) electrons. The molecule has 8 nitrogen and oxygen atoms in total. The van der Waals surface area contributed by atoms with Gasteiger partial charge in [0, 0.05) is 0 Å². The van der Waals surface area contributed by atoms with E-state index >= 15 is 0 Å². The summed E-state index contributed by atoms with van der Waals surface area (Å²) >= 11 is 0. The highest BCUT2D eigenvalue weighted by Gasteiger charge is 2.56. The minimum atomic E-state index is -0.903. The number of carbonyl (C=O) groups excluding carboxylic acids is 3. The maximum atomic E-state index is 13.2. The number of imide groups is 1. The van der Waals surface area contributed by atoms with Gasteiger partial charge in [-0.2, -0.15) is 0 Å². The second kappa shape index (κ2) is 7.73. The molecule has 2 aliphatic heterocycles. The number of fused-ring (bicyclic) bond motifs is 1. The minimum Gasteiger partial charge on any atom is -0.486 e. The molecule has 4 rings (SSSR count). The van der Waals surface area contributed by atoms with Crippen molar-refractivity contribution in [1.29, 1.82) is 0 Å². The summed E-state index contributed by atoms with van der Waals surface area (Å²) in [5.41, 5.74) is -0.0971.